The Kier molecular flexibility index (Phi) is 4.43. The van der Waals surface area contributed by atoms with Crippen molar-refractivity contribution in [2.75, 3.05) is 16.8 Å². The van der Waals surface area contributed by atoms with E-state index in [0.717, 1.165) is 25.1 Å². The molecule has 5 heteroatoms. The molecule has 1 heterocycles. The molecule has 1 aliphatic heterocycles. The summed E-state index contributed by atoms with van der Waals surface area (Å²) in [6, 6.07) is 5.28. The van der Waals surface area contributed by atoms with E-state index in [2.05, 4.69) is 5.32 Å². The van der Waals surface area contributed by atoms with E-state index < -0.39 is 0 Å². The van der Waals surface area contributed by atoms with Crippen LogP contribution in [0.4, 0.5) is 11.4 Å². The Morgan fingerprint density at radius 3 is 2.89 bits per heavy atom. The molecule has 2 rings (SSSR count). The summed E-state index contributed by atoms with van der Waals surface area (Å²) >= 11 is 6.07. The summed E-state index contributed by atoms with van der Waals surface area (Å²) in [5.41, 5.74) is 1.36. The van der Waals surface area contributed by atoms with Gasteiger partial charge < -0.3 is 10.2 Å². The maximum atomic E-state index is 11.7. The summed E-state index contributed by atoms with van der Waals surface area (Å²) in [5.74, 6) is 0.0578. The number of benzene rings is 1. The van der Waals surface area contributed by atoms with Gasteiger partial charge in [0, 0.05) is 25.1 Å². The van der Waals surface area contributed by atoms with E-state index in [4.69, 9.17) is 11.6 Å². The van der Waals surface area contributed by atoms with Crippen molar-refractivity contribution < 1.29 is 9.59 Å². The molecule has 0 saturated carbocycles. The molecule has 1 N–H and O–H groups in total. The highest BCUT2D eigenvalue weighted by molar-refractivity contribution is 6.33. The summed E-state index contributed by atoms with van der Waals surface area (Å²) in [6.07, 6.45) is 2.70. The molecule has 0 unspecified atom stereocenters. The van der Waals surface area contributed by atoms with Gasteiger partial charge in [-0.2, -0.15) is 0 Å². The fourth-order valence-corrected chi connectivity index (χ4v) is 2.30. The number of carbonyl (C=O) groups excluding carboxylic acids is 2. The van der Waals surface area contributed by atoms with Crippen LogP contribution in [0.1, 0.15) is 32.6 Å². The summed E-state index contributed by atoms with van der Waals surface area (Å²) in [7, 11) is 0. The van der Waals surface area contributed by atoms with E-state index >= 15 is 0 Å². The van der Waals surface area contributed by atoms with Crippen LogP contribution in [0.2, 0.25) is 5.02 Å². The Bertz CT molecular complexity index is 502. The molecule has 0 bridgehead atoms. The van der Waals surface area contributed by atoms with Gasteiger partial charge in [-0.15, -0.1) is 0 Å². The number of halogens is 1. The van der Waals surface area contributed by atoms with Gasteiger partial charge in [-0.3, -0.25) is 9.59 Å². The predicted molar refractivity (Wildman–Crippen MR) is 76.6 cm³/mol. The Labute approximate surface area is 117 Å². The number of anilines is 2. The fourth-order valence-electron chi connectivity index (χ4n) is 2.14. The van der Waals surface area contributed by atoms with E-state index in [-0.39, 0.29) is 11.8 Å². The summed E-state index contributed by atoms with van der Waals surface area (Å²) in [4.78, 5) is 25.0. The van der Waals surface area contributed by atoms with Crippen LogP contribution >= 0.6 is 11.6 Å². The zero-order chi connectivity index (χ0) is 13.8. The lowest BCUT2D eigenvalue weighted by Gasteiger charge is -2.17. The molecular weight excluding hydrogens is 264 g/mol. The van der Waals surface area contributed by atoms with Crippen molar-refractivity contribution in [3.05, 3.63) is 23.2 Å². The Morgan fingerprint density at radius 1 is 1.47 bits per heavy atom. The maximum absolute atomic E-state index is 11.7. The number of nitrogens with zero attached hydrogens (tertiary/aromatic N) is 1. The van der Waals surface area contributed by atoms with Crippen LogP contribution < -0.4 is 10.2 Å². The van der Waals surface area contributed by atoms with Gasteiger partial charge in [0.1, 0.15) is 0 Å². The highest BCUT2D eigenvalue weighted by atomic mass is 35.5. The molecule has 0 spiro atoms. The predicted octanol–water partition coefficient (Wildman–Crippen LogP) is 3.21. The first-order valence-electron chi connectivity index (χ1n) is 6.51. The van der Waals surface area contributed by atoms with E-state index in [0.29, 0.717) is 23.6 Å². The second kappa shape index (κ2) is 6.06. The molecule has 1 fully saturated rings. The van der Waals surface area contributed by atoms with Crippen LogP contribution in [-0.4, -0.2) is 18.4 Å². The summed E-state index contributed by atoms with van der Waals surface area (Å²) in [5, 5.41) is 3.27. The van der Waals surface area contributed by atoms with Crippen molar-refractivity contribution in [3.63, 3.8) is 0 Å². The van der Waals surface area contributed by atoms with Crippen molar-refractivity contribution in [1.29, 1.82) is 0 Å². The molecule has 102 valence electrons. The number of amides is 2. The molecule has 4 nitrogen and oxygen atoms in total. The highest BCUT2D eigenvalue weighted by Gasteiger charge is 2.22. The molecular formula is C14H17ClN2O2. The molecule has 0 aromatic heterocycles. The molecule has 1 aromatic rings. The standard InChI is InChI=1S/C14H17ClN2O2/c1-2-4-13(18)16-12-9-10(6-7-11(12)15)17-8-3-5-14(17)19/h6-7,9H,2-5,8H2,1H3,(H,16,18). The molecule has 2 amide bonds. The van der Waals surface area contributed by atoms with Gasteiger partial charge in [-0.05, 0) is 31.0 Å². The van der Waals surface area contributed by atoms with Crippen LogP contribution in [-0.2, 0) is 9.59 Å². The normalized spacial score (nSPS) is 14.8. The molecule has 1 saturated heterocycles. The minimum Gasteiger partial charge on any atom is -0.325 e. The van der Waals surface area contributed by atoms with Gasteiger partial charge in [-0.1, -0.05) is 18.5 Å². The lowest BCUT2D eigenvalue weighted by molar-refractivity contribution is -0.117. The minimum absolute atomic E-state index is 0.0608. The van der Waals surface area contributed by atoms with Gasteiger partial charge in [0.15, 0.2) is 0 Å². The first kappa shape index (κ1) is 13.9. The number of hydrogen-bond acceptors (Lipinski definition) is 2. The zero-order valence-corrected chi connectivity index (χ0v) is 11.7. The van der Waals surface area contributed by atoms with E-state index in [9.17, 15) is 9.59 Å². The average molecular weight is 281 g/mol. The van der Waals surface area contributed by atoms with E-state index in [1.165, 1.54) is 0 Å². The van der Waals surface area contributed by atoms with Crippen LogP contribution in [0.15, 0.2) is 18.2 Å². The third-order valence-electron chi connectivity index (χ3n) is 3.09. The van der Waals surface area contributed by atoms with E-state index in [1.807, 2.05) is 6.92 Å². The van der Waals surface area contributed by atoms with Crippen LogP contribution in [0, 0.1) is 0 Å². The van der Waals surface area contributed by atoms with Gasteiger partial charge in [0.2, 0.25) is 11.8 Å². The Balaban J connectivity index is 2.19. The number of hydrogen-bond donors (Lipinski definition) is 1. The number of rotatable bonds is 4. The molecule has 0 aliphatic carbocycles. The third kappa shape index (κ3) is 3.26. The number of nitrogens with one attached hydrogen (secondary N) is 1. The average Bonchev–Trinajstić information content (AvgIpc) is 2.79. The van der Waals surface area contributed by atoms with Gasteiger partial charge in [-0.25, -0.2) is 0 Å². The molecule has 0 radical (unpaired) electrons. The van der Waals surface area contributed by atoms with E-state index in [1.54, 1.807) is 23.1 Å². The maximum Gasteiger partial charge on any atom is 0.227 e. The van der Waals surface area contributed by atoms with Gasteiger partial charge in [0.05, 0.1) is 10.7 Å². The van der Waals surface area contributed by atoms with Crippen molar-refractivity contribution in [2.24, 2.45) is 0 Å². The van der Waals surface area contributed by atoms with Crippen LogP contribution in [0.5, 0.6) is 0 Å². The smallest absolute Gasteiger partial charge is 0.227 e. The van der Waals surface area contributed by atoms with Crippen molar-refractivity contribution in [2.45, 2.75) is 32.6 Å². The lowest BCUT2D eigenvalue weighted by Crippen LogP contribution is -2.23. The first-order valence-corrected chi connectivity index (χ1v) is 6.89. The van der Waals surface area contributed by atoms with Crippen LogP contribution in [0.3, 0.4) is 0 Å². The monoisotopic (exact) mass is 280 g/mol. The summed E-state index contributed by atoms with van der Waals surface area (Å²) < 4.78 is 0. The third-order valence-corrected chi connectivity index (χ3v) is 3.42. The Hall–Kier alpha value is -1.55. The quantitative estimate of drug-likeness (QED) is 0.921. The lowest BCUT2D eigenvalue weighted by atomic mass is 10.2. The molecule has 1 aliphatic rings. The van der Waals surface area contributed by atoms with Crippen molar-refractivity contribution in [3.8, 4) is 0 Å². The highest BCUT2D eigenvalue weighted by Crippen LogP contribution is 2.30. The molecule has 19 heavy (non-hydrogen) atoms. The summed E-state index contributed by atoms with van der Waals surface area (Å²) in [6.45, 7) is 2.67. The number of carbonyl (C=O) groups is 2. The fraction of sp³-hybridized carbons (Fsp3) is 0.429. The van der Waals surface area contributed by atoms with Gasteiger partial charge in [0.25, 0.3) is 0 Å². The van der Waals surface area contributed by atoms with Crippen LogP contribution in [0.25, 0.3) is 0 Å². The zero-order valence-electron chi connectivity index (χ0n) is 10.9. The molecule has 0 atom stereocenters. The molecule has 1 aromatic carbocycles. The van der Waals surface area contributed by atoms with Crippen molar-refractivity contribution in [1.82, 2.24) is 0 Å². The second-order valence-electron chi connectivity index (χ2n) is 4.61. The minimum atomic E-state index is -0.0608. The first-order chi connectivity index (χ1) is 9.11. The Morgan fingerprint density at radius 2 is 2.26 bits per heavy atom. The van der Waals surface area contributed by atoms with Gasteiger partial charge >= 0.3 is 0 Å². The SMILES string of the molecule is CCCC(=O)Nc1cc(N2CCCC2=O)ccc1Cl. The largest absolute Gasteiger partial charge is 0.325 e. The topological polar surface area (TPSA) is 49.4 Å². The van der Waals surface area contributed by atoms with Crippen molar-refractivity contribution >= 4 is 34.8 Å². The second-order valence-corrected chi connectivity index (χ2v) is 5.02.